The van der Waals surface area contributed by atoms with E-state index in [2.05, 4.69) is 13.8 Å². The van der Waals surface area contributed by atoms with Crippen molar-refractivity contribution >= 4 is 39.5 Å². The number of thioether (sulfide) groups is 2. The van der Waals surface area contributed by atoms with E-state index in [-0.39, 0.29) is 16.2 Å². The molecule has 5 nitrogen and oxygen atoms in total. The molecular formula is C13H18N2O3S3. The van der Waals surface area contributed by atoms with E-state index in [1.807, 2.05) is 4.90 Å². The highest BCUT2D eigenvalue weighted by Crippen LogP contribution is 2.53. The van der Waals surface area contributed by atoms with Crippen LogP contribution in [-0.4, -0.2) is 37.1 Å². The lowest BCUT2D eigenvalue weighted by Gasteiger charge is -2.34. The molecule has 1 fully saturated rings. The number of hydrogen-bond donors (Lipinski definition) is 1. The third-order valence-electron chi connectivity index (χ3n) is 3.74. The molecule has 4 rings (SSSR count). The number of carbonyl (C=O) groups excluding carboxylic acids is 1. The molecule has 0 radical (unpaired) electrons. The fourth-order valence-electron chi connectivity index (χ4n) is 2.89. The third kappa shape index (κ3) is 2.91. The van der Waals surface area contributed by atoms with Crippen LogP contribution in [0.4, 0.5) is 0 Å². The molecule has 2 unspecified atom stereocenters. The summed E-state index contributed by atoms with van der Waals surface area (Å²) in [7, 11) is -3.74. The van der Waals surface area contributed by atoms with Gasteiger partial charge in [0.05, 0.1) is 10.3 Å². The zero-order chi connectivity index (χ0) is 15.4. The zero-order valence-corrected chi connectivity index (χ0v) is 14.4. The second kappa shape index (κ2) is 5.33. The van der Waals surface area contributed by atoms with E-state index in [0.717, 1.165) is 34.4 Å². The number of nitrogens with two attached hydrogens (primary N) is 1. The number of rotatable bonds is 3. The molecule has 0 aromatic heterocycles. The molecule has 4 aliphatic rings. The van der Waals surface area contributed by atoms with Crippen LogP contribution < -0.4 is 5.14 Å². The predicted octanol–water partition coefficient (Wildman–Crippen LogP) is 1.84. The second-order valence-corrected chi connectivity index (χ2v) is 10.4. The molecule has 2 atom stereocenters. The molecule has 4 bridgehead atoms. The Labute approximate surface area is 133 Å². The van der Waals surface area contributed by atoms with E-state index < -0.39 is 10.0 Å². The van der Waals surface area contributed by atoms with Crippen LogP contribution >= 0.6 is 23.5 Å². The van der Waals surface area contributed by atoms with Crippen molar-refractivity contribution in [3.8, 4) is 0 Å². The molecule has 1 amide bonds. The molecular weight excluding hydrogens is 328 g/mol. The van der Waals surface area contributed by atoms with Crippen LogP contribution in [-0.2, 0) is 14.8 Å². The van der Waals surface area contributed by atoms with Crippen LogP contribution in [0.5, 0.6) is 0 Å². The van der Waals surface area contributed by atoms with Gasteiger partial charge in [0.2, 0.25) is 10.0 Å². The topological polar surface area (TPSA) is 80.5 Å². The van der Waals surface area contributed by atoms with E-state index in [1.54, 1.807) is 17.8 Å². The smallest absolute Gasteiger partial charge is 0.251 e. The third-order valence-corrected chi connectivity index (χ3v) is 7.84. The lowest BCUT2D eigenvalue weighted by molar-refractivity contribution is -0.128. The SMILES string of the molecule is CC(C)CN1C(=O)C2=C3S/C(S(N)(=O)=O)=C\C1CC(C2)S3. The summed E-state index contributed by atoms with van der Waals surface area (Å²) in [6, 6.07) is -0.183. The van der Waals surface area contributed by atoms with Gasteiger partial charge in [-0.25, -0.2) is 13.6 Å². The van der Waals surface area contributed by atoms with Gasteiger partial charge in [0.15, 0.2) is 0 Å². The lowest BCUT2D eigenvalue weighted by Crippen LogP contribution is -2.43. The number of amides is 1. The Morgan fingerprint density at radius 3 is 2.81 bits per heavy atom. The summed E-state index contributed by atoms with van der Waals surface area (Å²) < 4.78 is 24.5. The minimum Gasteiger partial charge on any atom is -0.332 e. The maximum atomic E-state index is 12.7. The Morgan fingerprint density at radius 1 is 1.48 bits per heavy atom. The van der Waals surface area contributed by atoms with Crippen molar-refractivity contribution < 1.29 is 13.2 Å². The summed E-state index contributed by atoms with van der Waals surface area (Å²) in [6.45, 7) is 4.75. The average Bonchev–Trinajstić information content (AvgIpc) is 2.68. The van der Waals surface area contributed by atoms with Crippen LogP contribution in [0.15, 0.2) is 20.1 Å². The normalized spacial score (nSPS) is 31.5. The first-order valence-corrected chi connectivity index (χ1v) is 10.1. The summed E-state index contributed by atoms with van der Waals surface area (Å²) >= 11 is 2.77. The van der Waals surface area contributed by atoms with Gasteiger partial charge >= 0.3 is 0 Å². The van der Waals surface area contributed by atoms with Crippen molar-refractivity contribution in [1.82, 2.24) is 4.90 Å². The predicted molar refractivity (Wildman–Crippen MR) is 86.8 cm³/mol. The molecule has 4 aliphatic heterocycles. The standard InChI is InChI=1S/C13H18N2O3S3/c1-7(2)6-15-8-3-9-5-10(12(15)16)13(19-9)20-11(4-8)21(14,17)18/h4,7-9H,3,5-6H2,1-2H3,(H2,14,17,18)/b11-4+. The maximum absolute atomic E-state index is 12.7. The van der Waals surface area contributed by atoms with Gasteiger partial charge in [-0.3, -0.25) is 4.79 Å². The van der Waals surface area contributed by atoms with Crippen molar-refractivity contribution in [3.05, 3.63) is 20.1 Å². The van der Waals surface area contributed by atoms with Gasteiger partial charge in [-0.05, 0) is 24.8 Å². The minimum atomic E-state index is -3.74. The molecule has 116 valence electrons. The molecule has 0 spiro atoms. The number of fused-ring (bicyclic) bond motifs is 2. The largest absolute Gasteiger partial charge is 0.332 e. The van der Waals surface area contributed by atoms with Crippen molar-refractivity contribution in [2.24, 2.45) is 11.1 Å². The quantitative estimate of drug-likeness (QED) is 0.843. The molecule has 0 aromatic rings. The maximum Gasteiger partial charge on any atom is 0.251 e. The van der Waals surface area contributed by atoms with Crippen LogP contribution in [0, 0.1) is 5.92 Å². The highest BCUT2D eigenvalue weighted by molar-refractivity contribution is 8.29. The van der Waals surface area contributed by atoms with Crippen LogP contribution in [0.2, 0.25) is 0 Å². The Balaban J connectivity index is 2.10. The van der Waals surface area contributed by atoms with Crippen molar-refractivity contribution in [2.45, 2.75) is 38.0 Å². The zero-order valence-electron chi connectivity index (χ0n) is 11.9. The summed E-state index contributed by atoms with van der Waals surface area (Å²) in [5, 5.41) is 5.69. The number of carbonyl (C=O) groups is 1. The molecule has 4 heterocycles. The number of sulfonamides is 1. The summed E-state index contributed by atoms with van der Waals surface area (Å²) in [6.07, 6.45) is 3.20. The summed E-state index contributed by atoms with van der Waals surface area (Å²) in [4.78, 5) is 14.6. The lowest BCUT2D eigenvalue weighted by atomic mass is 10.1. The fourth-order valence-corrected chi connectivity index (χ4v) is 6.84. The van der Waals surface area contributed by atoms with E-state index in [4.69, 9.17) is 5.14 Å². The highest BCUT2D eigenvalue weighted by atomic mass is 32.3. The molecule has 8 heteroatoms. The highest BCUT2D eigenvalue weighted by Gasteiger charge is 2.42. The minimum absolute atomic E-state index is 0.0634. The summed E-state index contributed by atoms with van der Waals surface area (Å²) in [5.74, 6) is 0.400. The van der Waals surface area contributed by atoms with E-state index in [1.165, 1.54) is 0 Å². The Kier molecular flexibility index (Phi) is 3.92. The van der Waals surface area contributed by atoms with Crippen LogP contribution in [0.25, 0.3) is 0 Å². The van der Waals surface area contributed by atoms with Crippen LogP contribution in [0.3, 0.4) is 0 Å². The monoisotopic (exact) mass is 346 g/mol. The van der Waals surface area contributed by atoms with Crippen LogP contribution in [0.1, 0.15) is 26.7 Å². The van der Waals surface area contributed by atoms with Crippen molar-refractivity contribution in [1.29, 1.82) is 0 Å². The Hall–Kier alpha value is -0.440. The van der Waals surface area contributed by atoms with E-state index in [0.29, 0.717) is 17.7 Å². The molecule has 1 saturated heterocycles. The van der Waals surface area contributed by atoms with Gasteiger partial charge in [0, 0.05) is 17.4 Å². The number of nitrogens with zero attached hydrogens (tertiary/aromatic N) is 1. The first-order chi connectivity index (χ1) is 9.75. The number of primary sulfonamides is 1. The number of hydrogen-bond acceptors (Lipinski definition) is 5. The van der Waals surface area contributed by atoms with Gasteiger partial charge in [0.25, 0.3) is 5.91 Å². The van der Waals surface area contributed by atoms with E-state index >= 15 is 0 Å². The molecule has 2 N–H and O–H groups in total. The van der Waals surface area contributed by atoms with Gasteiger partial charge in [-0.2, -0.15) is 0 Å². The second-order valence-electron chi connectivity index (χ2n) is 6.00. The van der Waals surface area contributed by atoms with Gasteiger partial charge in [-0.15, -0.1) is 11.8 Å². The van der Waals surface area contributed by atoms with Gasteiger partial charge in [0.1, 0.15) is 4.24 Å². The Morgan fingerprint density at radius 2 is 2.19 bits per heavy atom. The first-order valence-electron chi connectivity index (χ1n) is 6.89. The molecule has 0 aliphatic carbocycles. The Bertz CT molecular complexity index is 652. The van der Waals surface area contributed by atoms with Gasteiger partial charge < -0.3 is 4.90 Å². The molecule has 0 aromatic carbocycles. The van der Waals surface area contributed by atoms with E-state index in [9.17, 15) is 13.2 Å². The van der Waals surface area contributed by atoms with Gasteiger partial charge in [-0.1, -0.05) is 25.6 Å². The molecule has 21 heavy (non-hydrogen) atoms. The fraction of sp³-hybridized carbons (Fsp3) is 0.615. The van der Waals surface area contributed by atoms with Crippen molar-refractivity contribution in [2.75, 3.05) is 6.54 Å². The first kappa shape index (κ1) is 15.5. The average molecular weight is 346 g/mol. The molecule has 0 saturated carbocycles. The summed E-state index contributed by atoms with van der Waals surface area (Å²) in [5.41, 5.74) is 0.771. The van der Waals surface area contributed by atoms with Crippen molar-refractivity contribution in [3.63, 3.8) is 0 Å².